The Kier molecular flexibility index (Phi) is 4.00. The fourth-order valence-corrected chi connectivity index (χ4v) is 3.66. The van der Waals surface area contributed by atoms with Crippen LogP contribution in [0.3, 0.4) is 0 Å². The van der Waals surface area contributed by atoms with E-state index in [0.29, 0.717) is 16.4 Å². The van der Waals surface area contributed by atoms with Crippen molar-refractivity contribution in [3.63, 3.8) is 0 Å². The average Bonchev–Trinajstić information content (AvgIpc) is 2.83. The average molecular weight is 246 g/mol. The second-order valence-electron chi connectivity index (χ2n) is 3.98. The van der Waals surface area contributed by atoms with E-state index < -0.39 is 0 Å². The highest BCUT2D eigenvalue weighted by Crippen LogP contribution is 2.36. The van der Waals surface area contributed by atoms with E-state index in [1.165, 1.54) is 19.3 Å². The first-order chi connectivity index (χ1) is 7.29. The molecule has 1 aromatic rings. The minimum absolute atomic E-state index is 0.479. The van der Waals surface area contributed by atoms with E-state index in [4.69, 9.17) is 21.8 Å². The van der Waals surface area contributed by atoms with Crippen molar-refractivity contribution < 1.29 is 4.42 Å². The normalized spacial score (nSPS) is 26.0. The maximum Gasteiger partial charge on any atom is 0.193 e. The van der Waals surface area contributed by atoms with Crippen LogP contribution in [-0.4, -0.2) is 11.8 Å². The van der Waals surface area contributed by atoms with E-state index >= 15 is 0 Å². The summed E-state index contributed by atoms with van der Waals surface area (Å²) in [5.41, 5.74) is 5.74. The number of furan rings is 1. The van der Waals surface area contributed by atoms with Gasteiger partial charge in [0.2, 0.25) is 0 Å². The van der Waals surface area contributed by atoms with Crippen molar-refractivity contribution in [3.05, 3.63) is 23.1 Å². The first-order valence-electron chi connectivity index (χ1n) is 5.35. The van der Waals surface area contributed by atoms with Gasteiger partial charge >= 0.3 is 0 Å². The van der Waals surface area contributed by atoms with Crippen LogP contribution in [0.4, 0.5) is 0 Å². The van der Waals surface area contributed by atoms with Crippen LogP contribution in [0, 0.1) is 5.92 Å². The second-order valence-corrected chi connectivity index (χ2v) is 5.58. The molecule has 2 nitrogen and oxygen atoms in total. The van der Waals surface area contributed by atoms with Gasteiger partial charge in [-0.15, -0.1) is 0 Å². The summed E-state index contributed by atoms with van der Waals surface area (Å²) < 4.78 is 5.33. The predicted octanol–water partition coefficient (Wildman–Crippen LogP) is 3.29. The minimum atomic E-state index is 0.479. The van der Waals surface area contributed by atoms with Crippen molar-refractivity contribution in [2.24, 2.45) is 11.7 Å². The van der Waals surface area contributed by atoms with Gasteiger partial charge in [-0.05, 0) is 49.0 Å². The van der Waals surface area contributed by atoms with E-state index in [1.807, 2.05) is 17.8 Å². The molecule has 2 N–H and O–H groups in total. The molecule has 0 bridgehead atoms. The van der Waals surface area contributed by atoms with Crippen LogP contribution in [0.2, 0.25) is 5.22 Å². The highest BCUT2D eigenvalue weighted by molar-refractivity contribution is 7.99. The molecule has 0 aromatic carbocycles. The Balaban J connectivity index is 1.82. The summed E-state index contributed by atoms with van der Waals surface area (Å²) in [6, 6.07) is 3.74. The summed E-state index contributed by atoms with van der Waals surface area (Å²) >= 11 is 7.67. The molecule has 1 fully saturated rings. The standard InChI is InChI=1S/C11H16ClNOS/c12-11-5-4-9(14-11)7-15-10-3-1-2-8(10)6-13/h4-5,8,10H,1-3,6-7,13H2. The van der Waals surface area contributed by atoms with Crippen LogP contribution in [-0.2, 0) is 5.75 Å². The molecule has 0 radical (unpaired) electrons. The van der Waals surface area contributed by atoms with Crippen molar-refractivity contribution in [2.75, 3.05) is 6.54 Å². The topological polar surface area (TPSA) is 39.2 Å². The van der Waals surface area contributed by atoms with Crippen LogP contribution in [0.1, 0.15) is 25.0 Å². The molecule has 84 valence electrons. The quantitative estimate of drug-likeness (QED) is 0.885. The summed E-state index contributed by atoms with van der Waals surface area (Å²) in [5.74, 6) is 2.57. The van der Waals surface area contributed by atoms with Gasteiger partial charge in [0, 0.05) is 5.25 Å². The molecule has 0 aliphatic heterocycles. The molecule has 0 spiro atoms. The van der Waals surface area contributed by atoms with Gasteiger partial charge in [-0.3, -0.25) is 0 Å². The third-order valence-corrected chi connectivity index (χ3v) is 4.66. The zero-order valence-electron chi connectivity index (χ0n) is 8.62. The van der Waals surface area contributed by atoms with Crippen LogP contribution in [0.25, 0.3) is 0 Å². The number of halogens is 1. The van der Waals surface area contributed by atoms with Gasteiger partial charge in [-0.25, -0.2) is 0 Å². The molecule has 1 aromatic heterocycles. The monoisotopic (exact) mass is 245 g/mol. The van der Waals surface area contributed by atoms with Crippen LogP contribution < -0.4 is 5.73 Å². The minimum Gasteiger partial charge on any atom is -0.449 e. The van der Waals surface area contributed by atoms with Crippen molar-refractivity contribution in [2.45, 2.75) is 30.3 Å². The van der Waals surface area contributed by atoms with Crippen LogP contribution in [0.15, 0.2) is 16.5 Å². The Bertz CT molecular complexity index is 315. The van der Waals surface area contributed by atoms with Gasteiger partial charge in [-0.2, -0.15) is 11.8 Å². The number of rotatable bonds is 4. The molecule has 2 unspecified atom stereocenters. The molecule has 0 amide bonds. The van der Waals surface area contributed by atoms with Gasteiger partial charge in [0.25, 0.3) is 0 Å². The highest BCUT2D eigenvalue weighted by Gasteiger charge is 2.26. The fraction of sp³-hybridized carbons (Fsp3) is 0.636. The Hall–Kier alpha value is -0.120. The summed E-state index contributed by atoms with van der Waals surface area (Å²) in [6.07, 6.45) is 3.90. The van der Waals surface area contributed by atoms with Crippen molar-refractivity contribution in [1.29, 1.82) is 0 Å². The van der Waals surface area contributed by atoms with Crippen LogP contribution >= 0.6 is 23.4 Å². The maximum atomic E-state index is 5.74. The molecule has 1 saturated carbocycles. The molecule has 15 heavy (non-hydrogen) atoms. The zero-order valence-corrected chi connectivity index (χ0v) is 10.2. The van der Waals surface area contributed by atoms with Crippen LogP contribution in [0.5, 0.6) is 0 Å². The molecule has 4 heteroatoms. The van der Waals surface area contributed by atoms with E-state index in [0.717, 1.165) is 18.1 Å². The fourth-order valence-electron chi connectivity index (χ4n) is 2.11. The molecule has 1 aliphatic carbocycles. The lowest BCUT2D eigenvalue weighted by Crippen LogP contribution is -2.20. The summed E-state index contributed by atoms with van der Waals surface area (Å²) in [5, 5.41) is 1.19. The molecule has 1 heterocycles. The largest absolute Gasteiger partial charge is 0.449 e. The molecule has 1 aliphatic rings. The predicted molar refractivity (Wildman–Crippen MR) is 65.2 cm³/mol. The maximum absolute atomic E-state index is 5.74. The van der Waals surface area contributed by atoms with E-state index in [2.05, 4.69) is 0 Å². The van der Waals surface area contributed by atoms with E-state index in [9.17, 15) is 0 Å². The van der Waals surface area contributed by atoms with Crippen molar-refractivity contribution in [1.82, 2.24) is 0 Å². The van der Waals surface area contributed by atoms with Crippen molar-refractivity contribution >= 4 is 23.4 Å². The number of hydrogen-bond acceptors (Lipinski definition) is 3. The van der Waals surface area contributed by atoms with Gasteiger partial charge in [0.05, 0.1) is 5.75 Å². The highest BCUT2D eigenvalue weighted by atomic mass is 35.5. The van der Waals surface area contributed by atoms with E-state index in [-0.39, 0.29) is 0 Å². The lowest BCUT2D eigenvalue weighted by Gasteiger charge is -2.16. The smallest absolute Gasteiger partial charge is 0.193 e. The molecule has 2 rings (SSSR count). The van der Waals surface area contributed by atoms with Gasteiger partial charge in [-0.1, -0.05) is 6.42 Å². The van der Waals surface area contributed by atoms with Gasteiger partial charge in [0.15, 0.2) is 5.22 Å². The molecular weight excluding hydrogens is 230 g/mol. The Morgan fingerprint density at radius 3 is 3.00 bits per heavy atom. The second kappa shape index (κ2) is 5.28. The lowest BCUT2D eigenvalue weighted by molar-refractivity contribution is 0.530. The Labute approximate surface area is 99.5 Å². The van der Waals surface area contributed by atoms with E-state index in [1.54, 1.807) is 6.07 Å². The molecule has 0 saturated heterocycles. The first-order valence-corrected chi connectivity index (χ1v) is 6.78. The summed E-state index contributed by atoms with van der Waals surface area (Å²) in [6.45, 7) is 0.816. The summed E-state index contributed by atoms with van der Waals surface area (Å²) in [7, 11) is 0. The third kappa shape index (κ3) is 2.92. The third-order valence-electron chi connectivity index (χ3n) is 2.96. The number of thioether (sulfide) groups is 1. The Morgan fingerprint density at radius 2 is 2.33 bits per heavy atom. The SMILES string of the molecule is NCC1CCCC1SCc1ccc(Cl)o1. The molecule has 2 atom stereocenters. The van der Waals surface area contributed by atoms with Gasteiger partial charge < -0.3 is 10.2 Å². The Morgan fingerprint density at radius 1 is 1.47 bits per heavy atom. The van der Waals surface area contributed by atoms with Crippen molar-refractivity contribution in [3.8, 4) is 0 Å². The molecular formula is C11H16ClNOS. The first kappa shape index (κ1) is 11.4. The lowest BCUT2D eigenvalue weighted by atomic mass is 10.1. The summed E-state index contributed by atoms with van der Waals surface area (Å²) in [4.78, 5) is 0. The number of hydrogen-bond donors (Lipinski definition) is 1. The zero-order chi connectivity index (χ0) is 10.7. The number of nitrogens with two attached hydrogens (primary N) is 1. The van der Waals surface area contributed by atoms with Gasteiger partial charge in [0.1, 0.15) is 5.76 Å².